The van der Waals surface area contributed by atoms with Crippen LogP contribution >= 0.6 is 11.3 Å². The average Bonchev–Trinajstić information content (AvgIpc) is 2.77. The second-order valence-electron chi connectivity index (χ2n) is 4.93. The number of rotatable bonds is 3. The maximum atomic E-state index is 12.8. The average molecular weight is 317 g/mol. The first-order valence-electron chi connectivity index (χ1n) is 6.54. The molecule has 1 fully saturated rings. The Morgan fingerprint density at radius 3 is 2.65 bits per heavy atom. The summed E-state index contributed by atoms with van der Waals surface area (Å²) in [5.41, 5.74) is 0. The predicted octanol–water partition coefficient (Wildman–Crippen LogP) is 2.08. The third-order valence-corrected chi connectivity index (χ3v) is 6.64. The lowest BCUT2D eigenvalue weighted by Gasteiger charge is -2.32. The molecule has 0 spiro atoms. The van der Waals surface area contributed by atoms with Gasteiger partial charge < -0.3 is 4.74 Å². The van der Waals surface area contributed by atoms with Gasteiger partial charge in [0.15, 0.2) is 0 Å². The molecule has 2 rings (SSSR count). The fourth-order valence-corrected chi connectivity index (χ4v) is 5.73. The summed E-state index contributed by atoms with van der Waals surface area (Å²) in [5, 5.41) is 0. The first-order chi connectivity index (χ1) is 9.37. The lowest BCUT2D eigenvalue weighted by Crippen LogP contribution is -2.48. The first-order valence-corrected chi connectivity index (χ1v) is 8.80. The summed E-state index contributed by atoms with van der Waals surface area (Å²) in [5.74, 6) is -0.474. The van der Waals surface area contributed by atoms with Crippen LogP contribution in [0.4, 0.5) is 0 Å². The number of hydrogen-bond acceptors (Lipinski definition) is 5. The Morgan fingerprint density at radius 2 is 2.10 bits per heavy atom. The summed E-state index contributed by atoms with van der Waals surface area (Å²) in [6.45, 7) is 4.04. The largest absolute Gasteiger partial charge is 0.468 e. The van der Waals surface area contributed by atoms with Gasteiger partial charge in [0, 0.05) is 16.3 Å². The molecule has 0 unspecified atom stereocenters. The number of sulfonamides is 1. The molecule has 1 saturated heterocycles. The van der Waals surface area contributed by atoms with Gasteiger partial charge in [-0.05, 0) is 39.2 Å². The van der Waals surface area contributed by atoms with Gasteiger partial charge in [-0.25, -0.2) is 8.42 Å². The van der Waals surface area contributed by atoms with Crippen LogP contribution in [0, 0.1) is 13.8 Å². The van der Waals surface area contributed by atoms with Gasteiger partial charge in [-0.2, -0.15) is 4.31 Å². The monoisotopic (exact) mass is 317 g/mol. The summed E-state index contributed by atoms with van der Waals surface area (Å²) in [6, 6.07) is 0.983. The molecule has 112 valence electrons. The molecule has 7 heteroatoms. The number of hydrogen-bond donors (Lipinski definition) is 0. The van der Waals surface area contributed by atoms with E-state index in [1.165, 1.54) is 22.8 Å². The minimum atomic E-state index is -3.63. The van der Waals surface area contributed by atoms with Crippen molar-refractivity contribution in [2.75, 3.05) is 13.7 Å². The highest BCUT2D eigenvalue weighted by atomic mass is 32.2. The van der Waals surface area contributed by atoms with E-state index in [0.29, 0.717) is 17.9 Å². The molecule has 1 aromatic rings. The smallest absolute Gasteiger partial charge is 0.324 e. The van der Waals surface area contributed by atoms with Crippen LogP contribution in [0.2, 0.25) is 0 Å². The van der Waals surface area contributed by atoms with Gasteiger partial charge >= 0.3 is 5.97 Å². The van der Waals surface area contributed by atoms with Gasteiger partial charge in [0.1, 0.15) is 6.04 Å². The molecule has 0 saturated carbocycles. The van der Waals surface area contributed by atoms with E-state index < -0.39 is 22.0 Å². The number of ether oxygens (including phenoxy) is 1. The van der Waals surface area contributed by atoms with Crippen LogP contribution in [0.5, 0.6) is 0 Å². The number of carbonyl (C=O) groups is 1. The zero-order valence-electron chi connectivity index (χ0n) is 11.9. The Balaban J connectivity index is 2.40. The maximum Gasteiger partial charge on any atom is 0.324 e. The number of esters is 1. The fraction of sp³-hybridized carbons (Fsp3) is 0.615. The van der Waals surface area contributed by atoms with E-state index in [0.717, 1.165) is 22.6 Å². The highest BCUT2D eigenvalue weighted by Gasteiger charge is 2.39. The number of piperidine rings is 1. The van der Waals surface area contributed by atoms with Gasteiger partial charge in [-0.3, -0.25) is 4.79 Å². The minimum Gasteiger partial charge on any atom is -0.468 e. The van der Waals surface area contributed by atoms with Crippen molar-refractivity contribution in [1.82, 2.24) is 4.31 Å². The van der Waals surface area contributed by atoms with Crippen molar-refractivity contribution in [3.05, 3.63) is 15.8 Å². The molecule has 0 amide bonds. The standard InChI is InChI=1S/C13H19NO4S2/c1-9-8-12(10(2)19-9)20(16,17)14-7-5-4-6-11(14)13(15)18-3/h8,11H,4-7H2,1-3H3/t11-/m1/s1. The molecule has 0 radical (unpaired) electrons. The molecule has 0 N–H and O–H groups in total. The van der Waals surface area contributed by atoms with Crippen LogP contribution in [0.3, 0.4) is 0 Å². The van der Waals surface area contributed by atoms with Gasteiger partial charge in [0.25, 0.3) is 0 Å². The molecule has 0 bridgehead atoms. The van der Waals surface area contributed by atoms with E-state index in [1.54, 1.807) is 13.0 Å². The molecule has 1 aliphatic rings. The van der Waals surface area contributed by atoms with Crippen LogP contribution in [0.25, 0.3) is 0 Å². The van der Waals surface area contributed by atoms with Gasteiger partial charge in [-0.15, -0.1) is 11.3 Å². The minimum absolute atomic E-state index is 0.316. The summed E-state index contributed by atoms with van der Waals surface area (Å²) in [6.07, 6.45) is 2.14. The van der Waals surface area contributed by atoms with E-state index in [2.05, 4.69) is 0 Å². The highest BCUT2D eigenvalue weighted by molar-refractivity contribution is 7.89. The summed E-state index contributed by atoms with van der Waals surface area (Å²) in [4.78, 5) is 13.8. The second kappa shape index (κ2) is 5.83. The van der Waals surface area contributed by atoms with Crippen molar-refractivity contribution in [2.45, 2.75) is 44.0 Å². The van der Waals surface area contributed by atoms with Crippen LogP contribution in [-0.2, 0) is 19.6 Å². The van der Waals surface area contributed by atoms with Crippen molar-refractivity contribution in [3.63, 3.8) is 0 Å². The van der Waals surface area contributed by atoms with Crippen molar-refractivity contribution < 1.29 is 17.9 Å². The van der Waals surface area contributed by atoms with E-state index in [9.17, 15) is 13.2 Å². The van der Waals surface area contributed by atoms with E-state index in [-0.39, 0.29) is 0 Å². The van der Waals surface area contributed by atoms with Crippen LogP contribution in [-0.4, -0.2) is 38.4 Å². The van der Waals surface area contributed by atoms with Crippen LogP contribution < -0.4 is 0 Å². The SMILES string of the molecule is COC(=O)[C@H]1CCCCN1S(=O)(=O)c1cc(C)sc1C. The van der Waals surface area contributed by atoms with E-state index >= 15 is 0 Å². The number of aryl methyl sites for hydroxylation is 2. The molecular weight excluding hydrogens is 298 g/mol. The predicted molar refractivity (Wildman–Crippen MR) is 77.3 cm³/mol. The normalized spacial score (nSPS) is 20.9. The zero-order valence-corrected chi connectivity index (χ0v) is 13.5. The fourth-order valence-electron chi connectivity index (χ4n) is 2.55. The molecule has 1 atom stereocenters. The topological polar surface area (TPSA) is 63.7 Å². The Hall–Kier alpha value is -0.920. The van der Waals surface area contributed by atoms with Crippen LogP contribution in [0.15, 0.2) is 11.0 Å². The van der Waals surface area contributed by atoms with Crippen molar-refractivity contribution in [2.24, 2.45) is 0 Å². The number of nitrogens with zero attached hydrogens (tertiary/aromatic N) is 1. The Kier molecular flexibility index (Phi) is 4.51. The lowest BCUT2D eigenvalue weighted by molar-refractivity contribution is -0.146. The summed E-state index contributed by atoms with van der Waals surface area (Å²) in [7, 11) is -2.34. The summed E-state index contributed by atoms with van der Waals surface area (Å²) >= 11 is 1.45. The Bertz CT molecular complexity index is 606. The van der Waals surface area contributed by atoms with Gasteiger partial charge in [0.05, 0.1) is 12.0 Å². The van der Waals surface area contributed by atoms with Crippen molar-refractivity contribution in [3.8, 4) is 0 Å². The van der Waals surface area contributed by atoms with Crippen molar-refractivity contribution in [1.29, 1.82) is 0 Å². The maximum absolute atomic E-state index is 12.8. The van der Waals surface area contributed by atoms with Crippen LogP contribution in [0.1, 0.15) is 29.0 Å². The van der Waals surface area contributed by atoms with Crippen molar-refractivity contribution >= 4 is 27.3 Å². The highest BCUT2D eigenvalue weighted by Crippen LogP contribution is 2.31. The third-order valence-electron chi connectivity index (χ3n) is 3.51. The van der Waals surface area contributed by atoms with E-state index in [4.69, 9.17) is 4.74 Å². The number of methoxy groups -OCH3 is 1. The molecule has 5 nitrogen and oxygen atoms in total. The number of carbonyl (C=O) groups excluding carboxylic acids is 1. The van der Waals surface area contributed by atoms with Gasteiger partial charge in [0.2, 0.25) is 10.0 Å². The quantitative estimate of drug-likeness (QED) is 0.801. The van der Waals surface area contributed by atoms with Gasteiger partial charge in [-0.1, -0.05) is 0 Å². The first kappa shape index (κ1) is 15.5. The second-order valence-corrected chi connectivity index (χ2v) is 8.25. The van der Waals surface area contributed by atoms with E-state index in [1.807, 2.05) is 6.92 Å². The zero-order chi connectivity index (χ0) is 14.9. The molecule has 0 aromatic carbocycles. The molecule has 0 aliphatic carbocycles. The molecule has 2 heterocycles. The Labute approximate surface area is 123 Å². The third kappa shape index (κ3) is 2.75. The molecule has 1 aliphatic heterocycles. The molecule has 1 aromatic heterocycles. The molecule has 20 heavy (non-hydrogen) atoms. The summed E-state index contributed by atoms with van der Waals surface area (Å²) < 4.78 is 31.6. The number of thiophene rings is 1. The Morgan fingerprint density at radius 1 is 1.40 bits per heavy atom. The molecular formula is C13H19NO4S2. The lowest BCUT2D eigenvalue weighted by atomic mass is 10.1.